The number of rotatable bonds is 6. The molecule has 2 aromatic heterocycles. The number of likely N-dealkylation sites (N-methyl/N-ethyl adjacent to an activating group) is 1. The van der Waals surface area contributed by atoms with E-state index in [2.05, 4.69) is 25.7 Å². The van der Waals surface area contributed by atoms with Crippen LogP contribution in [0.4, 0.5) is 30.6 Å². The molecule has 3 heterocycles. The van der Waals surface area contributed by atoms with Crippen molar-refractivity contribution in [3.63, 3.8) is 0 Å². The monoisotopic (exact) mass is 437 g/mol. The molecule has 0 aromatic carbocycles. The van der Waals surface area contributed by atoms with Gasteiger partial charge in [-0.1, -0.05) is 13.8 Å². The number of aryl methyl sites for hydroxylation is 1. The number of anilines is 3. The van der Waals surface area contributed by atoms with Gasteiger partial charge in [-0.25, -0.2) is 4.98 Å². The quantitative estimate of drug-likeness (QED) is 0.721. The summed E-state index contributed by atoms with van der Waals surface area (Å²) in [5.74, 6) is 1.02. The lowest BCUT2D eigenvalue weighted by atomic mass is 9.99. The molecule has 1 atom stereocenters. The van der Waals surface area contributed by atoms with E-state index in [1.54, 1.807) is 19.3 Å². The van der Waals surface area contributed by atoms with Gasteiger partial charge in [0.1, 0.15) is 11.7 Å². The van der Waals surface area contributed by atoms with Crippen LogP contribution in [0.2, 0.25) is 0 Å². The Labute approximate surface area is 178 Å². The van der Waals surface area contributed by atoms with Crippen molar-refractivity contribution in [2.45, 2.75) is 58.9 Å². The van der Waals surface area contributed by atoms with Gasteiger partial charge in [0.15, 0.2) is 5.82 Å². The van der Waals surface area contributed by atoms with E-state index in [4.69, 9.17) is 0 Å². The maximum Gasteiger partial charge on any atom is 0.396 e. The molecule has 168 valence electrons. The van der Waals surface area contributed by atoms with E-state index in [1.807, 2.05) is 25.8 Å². The summed E-state index contributed by atoms with van der Waals surface area (Å²) in [6.45, 7) is 5.90. The van der Waals surface area contributed by atoms with E-state index in [9.17, 15) is 18.0 Å². The lowest BCUT2D eigenvalue weighted by molar-refractivity contribution is -0.191. The van der Waals surface area contributed by atoms with Gasteiger partial charge in [-0.05, 0) is 25.7 Å². The van der Waals surface area contributed by atoms with E-state index in [0.29, 0.717) is 29.7 Å². The Morgan fingerprint density at radius 1 is 1.32 bits per heavy atom. The predicted octanol–water partition coefficient (Wildman–Crippen LogP) is 3.35. The number of amides is 1. The minimum absolute atomic E-state index is 0.0860. The number of alkyl halides is 3. The highest BCUT2D eigenvalue weighted by atomic mass is 19.4. The second-order valence-electron chi connectivity index (χ2n) is 8.80. The van der Waals surface area contributed by atoms with Crippen molar-refractivity contribution in [2.75, 3.05) is 22.6 Å². The van der Waals surface area contributed by atoms with Gasteiger partial charge in [-0.3, -0.25) is 9.48 Å². The molecule has 8 nitrogen and oxygen atoms in total. The number of aromatic nitrogens is 4. The largest absolute Gasteiger partial charge is 0.396 e. The summed E-state index contributed by atoms with van der Waals surface area (Å²) in [5.41, 5.74) is 0.319. The van der Waals surface area contributed by atoms with E-state index >= 15 is 0 Å². The van der Waals surface area contributed by atoms with Crippen LogP contribution < -0.4 is 15.5 Å². The first-order valence-corrected chi connectivity index (χ1v) is 10.2. The van der Waals surface area contributed by atoms with Gasteiger partial charge in [0.25, 0.3) is 0 Å². The predicted molar refractivity (Wildman–Crippen MR) is 110 cm³/mol. The first-order valence-electron chi connectivity index (χ1n) is 10.2. The Morgan fingerprint density at radius 2 is 2.03 bits per heavy atom. The molecule has 1 amide bonds. The molecule has 0 bridgehead atoms. The van der Waals surface area contributed by atoms with Crippen LogP contribution >= 0.6 is 0 Å². The number of carbonyl (C=O) groups excluding carboxylic acids is 1. The van der Waals surface area contributed by atoms with Crippen LogP contribution in [-0.4, -0.2) is 44.9 Å². The van der Waals surface area contributed by atoms with Crippen LogP contribution in [-0.2, 0) is 17.9 Å². The fourth-order valence-corrected chi connectivity index (χ4v) is 4.05. The van der Waals surface area contributed by atoms with Gasteiger partial charge in [-0.2, -0.15) is 23.3 Å². The van der Waals surface area contributed by atoms with Crippen molar-refractivity contribution < 1.29 is 18.0 Å². The second kappa shape index (κ2) is 7.38. The average molecular weight is 437 g/mol. The molecule has 0 radical (unpaired) electrons. The molecule has 1 fully saturated rings. The first kappa shape index (κ1) is 21.4. The Kier molecular flexibility index (Phi) is 5.09. The van der Waals surface area contributed by atoms with Gasteiger partial charge in [0.05, 0.1) is 23.9 Å². The van der Waals surface area contributed by atoms with Crippen molar-refractivity contribution in [3.8, 4) is 0 Å². The summed E-state index contributed by atoms with van der Waals surface area (Å²) in [4.78, 5) is 23.2. The van der Waals surface area contributed by atoms with Crippen LogP contribution in [0.15, 0.2) is 12.4 Å². The number of carbonyl (C=O) groups is 1. The zero-order valence-electron chi connectivity index (χ0n) is 17.9. The van der Waals surface area contributed by atoms with Crippen molar-refractivity contribution in [1.82, 2.24) is 19.7 Å². The number of hydrogen-bond donors (Lipinski definition) is 2. The molecule has 1 unspecified atom stereocenters. The molecule has 0 saturated heterocycles. The smallest absolute Gasteiger partial charge is 0.350 e. The van der Waals surface area contributed by atoms with E-state index in [0.717, 1.165) is 5.56 Å². The molecule has 1 aliphatic heterocycles. The van der Waals surface area contributed by atoms with E-state index < -0.39 is 11.6 Å². The van der Waals surface area contributed by atoms with Crippen molar-refractivity contribution in [1.29, 1.82) is 0 Å². The number of nitrogens with zero attached hydrogens (tertiary/aromatic N) is 5. The number of fused-ring (bicyclic) bond motifs is 1. The maximum atomic E-state index is 13.2. The fraction of sp³-hybridized carbons (Fsp3) is 0.600. The summed E-state index contributed by atoms with van der Waals surface area (Å²) >= 11 is 0. The Hall–Kier alpha value is -2.85. The Morgan fingerprint density at radius 3 is 2.65 bits per heavy atom. The molecule has 1 aliphatic carbocycles. The molecule has 1 saturated carbocycles. The third kappa shape index (κ3) is 3.92. The van der Waals surface area contributed by atoms with Crippen LogP contribution in [0.5, 0.6) is 0 Å². The van der Waals surface area contributed by atoms with Crippen LogP contribution in [0.25, 0.3) is 0 Å². The minimum atomic E-state index is -4.21. The second-order valence-corrected chi connectivity index (χ2v) is 8.80. The van der Waals surface area contributed by atoms with E-state index in [-0.39, 0.29) is 37.3 Å². The normalized spacial score (nSPS) is 19.9. The molecule has 31 heavy (non-hydrogen) atoms. The molecule has 2 aliphatic rings. The first-order chi connectivity index (χ1) is 14.5. The molecule has 4 rings (SSSR count). The third-order valence-electron chi connectivity index (χ3n) is 6.03. The molecule has 2 aromatic rings. The van der Waals surface area contributed by atoms with Gasteiger partial charge in [-0.15, -0.1) is 0 Å². The lowest BCUT2D eigenvalue weighted by Gasteiger charge is -2.36. The van der Waals surface area contributed by atoms with Crippen LogP contribution in [0.3, 0.4) is 0 Å². The van der Waals surface area contributed by atoms with Crippen LogP contribution in [0.1, 0.15) is 37.9 Å². The van der Waals surface area contributed by atoms with Crippen molar-refractivity contribution >= 4 is 23.4 Å². The highest BCUT2D eigenvalue weighted by Crippen LogP contribution is 2.58. The van der Waals surface area contributed by atoms with Gasteiger partial charge < -0.3 is 15.5 Å². The average Bonchev–Trinajstić information content (AvgIpc) is 3.32. The Balaban J connectivity index is 1.46. The lowest BCUT2D eigenvalue weighted by Crippen LogP contribution is -2.49. The van der Waals surface area contributed by atoms with Gasteiger partial charge in [0.2, 0.25) is 11.9 Å². The van der Waals surface area contributed by atoms with Gasteiger partial charge >= 0.3 is 6.18 Å². The Bertz CT molecular complexity index is 997. The molecule has 2 N–H and O–H groups in total. The summed E-state index contributed by atoms with van der Waals surface area (Å²) in [7, 11) is 1.83. The SMILES string of the molecule is Cc1nc(NCc2cnn(CC3(C(F)(F)F)CC3)c2)nc2c1NC(=O)C(C(C)C)N2C. The zero-order chi connectivity index (χ0) is 22.6. The molecule has 11 heteroatoms. The molecular formula is C20H26F3N7O. The summed E-state index contributed by atoms with van der Waals surface area (Å²) in [5, 5.41) is 10.1. The molecule has 0 spiro atoms. The van der Waals surface area contributed by atoms with E-state index in [1.165, 1.54) is 4.68 Å². The maximum absolute atomic E-state index is 13.2. The van der Waals surface area contributed by atoms with Crippen LogP contribution in [0, 0.1) is 18.3 Å². The highest BCUT2D eigenvalue weighted by molar-refractivity contribution is 6.03. The summed E-state index contributed by atoms with van der Waals surface area (Å²) < 4.78 is 40.9. The third-order valence-corrected chi connectivity index (χ3v) is 6.03. The fourth-order valence-electron chi connectivity index (χ4n) is 4.05. The minimum Gasteiger partial charge on any atom is -0.350 e. The highest BCUT2D eigenvalue weighted by Gasteiger charge is 2.63. The van der Waals surface area contributed by atoms with Crippen molar-refractivity contribution in [3.05, 3.63) is 23.7 Å². The summed E-state index contributed by atoms with van der Waals surface area (Å²) in [6.07, 6.45) is -0.751. The van der Waals surface area contributed by atoms with Gasteiger partial charge in [0, 0.05) is 25.4 Å². The standard InChI is InChI=1S/C20H26F3N7O/c1-11(2)15-17(31)27-14-12(3)26-18(28-16(14)29(15)4)24-7-13-8-25-30(9-13)10-19(5-6-19)20(21,22)23/h8-9,11,15H,5-7,10H2,1-4H3,(H,27,31)(H,24,26,28). The number of nitrogens with one attached hydrogen (secondary N) is 2. The molecular weight excluding hydrogens is 411 g/mol. The topological polar surface area (TPSA) is 88.0 Å². The van der Waals surface area contributed by atoms with Crippen molar-refractivity contribution in [2.24, 2.45) is 11.3 Å². The number of halogens is 3. The zero-order valence-corrected chi connectivity index (χ0v) is 17.9. The summed E-state index contributed by atoms with van der Waals surface area (Å²) in [6, 6.07) is -0.337. The number of hydrogen-bond acceptors (Lipinski definition) is 6.